The monoisotopic (exact) mass is 255 g/mol. The van der Waals surface area contributed by atoms with Crippen LogP contribution >= 0.6 is 11.3 Å². The lowest BCUT2D eigenvalue weighted by Gasteiger charge is -2.18. The van der Waals surface area contributed by atoms with Gasteiger partial charge in [0, 0.05) is 25.6 Å². The van der Waals surface area contributed by atoms with E-state index in [0.717, 1.165) is 19.5 Å². The predicted molar refractivity (Wildman–Crippen MR) is 70.9 cm³/mol. The molecule has 0 aliphatic heterocycles. The van der Waals surface area contributed by atoms with E-state index in [1.54, 1.807) is 11.3 Å². The topological polar surface area (TPSA) is 40.5 Å². The molecule has 1 saturated carbocycles. The standard InChI is InChI=1S/C9H17NO2.C4H4S/c1-3-10(4-2)9(12)8-5-7(8)6-11;1-2-4-5-3-1/h7-8,11H,3-6H2,1-2H3;1-4H. The van der Waals surface area contributed by atoms with Crippen molar-refractivity contribution in [1.29, 1.82) is 0 Å². The number of nitrogens with zero attached hydrogens (tertiary/aromatic N) is 1. The van der Waals surface area contributed by atoms with E-state index in [9.17, 15) is 4.79 Å². The summed E-state index contributed by atoms with van der Waals surface area (Å²) in [5, 5.41) is 12.9. The van der Waals surface area contributed by atoms with Crippen molar-refractivity contribution < 1.29 is 9.90 Å². The fourth-order valence-corrected chi connectivity index (χ4v) is 2.20. The molecule has 0 saturated heterocycles. The molecule has 1 aliphatic rings. The third-order valence-corrected chi connectivity index (χ3v) is 3.60. The largest absolute Gasteiger partial charge is 0.396 e. The zero-order valence-electron chi connectivity index (χ0n) is 10.5. The molecule has 96 valence electrons. The Hall–Kier alpha value is -0.870. The average Bonchev–Trinajstić information content (AvgIpc) is 2.89. The minimum Gasteiger partial charge on any atom is -0.396 e. The third kappa shape index (κ3) is 4.48. The maximum absolute atomic E-state index is 11.6. The van der Waals surface area contributed by atoms with Crippen molar-refractivity contribution in [1.82, 2.24) is 4.90 Å². The van der Waals surface area contributed by atoms with Crippen LogP contribution in [0.15, 0.2) is 22.9 Å². The van der Waals surface area contributed by atoms with Gasteiger partial charge in [0.15, 0.2) is 0 Å². The fraction of sp³-hybridized carbons (Fsp3) is 0.615. The van der Waals surface area contributed by atoms with Crippen molar-refractivity contribution >= 4 is 17.2 Å². The Morgan fingerprint density at radius 2 is 1.94 bits per heavy atom. The summed E-state index contributed by atoms with van der Waals surface area (Å²) in [6, 6.07) is 4.04. The number of amides is 1. The van der Waals surface area contributed by atoms with Crippen LogP contribution in [0.3, 0.4) is 0 Å². The number of carbonyl (C=O) groups is 1. The molecule has 1 N–H and O–H groups in total. The van der Waals surface area contributed by atoms with Gasteiger partial charge in [-0.1, -0.05) is 12.1 Å². The molecule has 2 rings (SSSR count). The van der Waals surface area contributed by atoms with E-state index >= 15 is 0 Å². The van der Waals surface area contributed by atoms with Gasteiger partial charge in [0.1, 0.15) is 0 Å². The first-order valence-electron chi connectivity index (χ1n) is 6.11. The molecule has 0 bridgehead atoms. The first kappa shape index (κ1) is 14.2. The molecule has 1 aliphatic carbocycles. The van der Waals surface area contributed by atoms with Gasteiger partial charge < -0.3 is 10.0 Å². The lowest BCUT2D eigenvalue weighted by atomic mass is 10.3. The normalized spacial score (nSPS) is 21.4. The van der Waals surface area contributed by atoms with Crippen LogP contribution < -0.4 is 0 Å². The lowest BCUT2D eigenvalue weighted by Crippen LogP contribution is -2.32. The third-order valence-electron chi connectivity index (χ3n) is 2.97. The highest BCUT2D eigenvalue weighted by atomic mass is 32.1. The van der Waals surface area contributed by atoms with Gasteiger partial charge in [-0.25, -0.2) is 0 Å². The van der Waals surface area contributed by atoms with Gasteiger partial charge in [0.05, 0.1) is 0 Å². The van der Waals surface area contributed by atoms with Crippen LogP contribution in [0.2, 0.25) is 0 Å². The van der Waals surface area contributed by atoms with Crippen LogP contribution in [0.4, 0.5) is 0 Å². The molecule has 1 aromatic rings. The number of rotatable bonds is 4. The van der Waals surface area contributed by atoms with Crippen molar-refractivity contribution in [2.75, 3.05) is 19.7 Å². The van der Waals surface area contributed by atoms with Crippen molar-refractivity contribution in [2.45, 2.75) is 20.3 Å². The molecular weight excluding hydrogens is 234 g/mol. The number of hydrogen-bond donors (Lipinski definition) is 1. The zero-order chi connectivity index (χ0) is 12.7. The number of thiophene rings is 1. The summed E-state index contributed by atoms with van der Waals surface area (Å²) in [5.74, 6) is 0.590. The average molecular weight is 255 g/mol. The molecule has 2 atom stereocenters. The molecule has 1 fully saturated rings. The van der Waals surface area contributed by atoms with Crippen LogP contribution in [-0.2, 0) is 4.79 Å². The van der Waals surface area contributed by atoms with E-state index in [-0.39, 0.29) is 24.3 Å². The Bertz CT molecular complexity index is 292. The molecule has 1 aromatic heterocycles. The van der Waals surface area contributed by atoms with Gasteiger partial charge in [-0.3, -0.25) is 4.79 Å². The molecule has 0 radical (unpaired) electrons. The van der Waals surface area contributed by atoms with Crippen LogP contribution in [0.25, 0.3) is 0 Å². The number of carbonyl (C=O) groups excluding carboxylic acids is 1. The molecule has 1 heterocycles. The Morgan fingerprint density at radius 1 is 1.35 bits per heavy atom. The highest BCUT2D eigenvalue weighted by Gasteiger charge is 2.43. The van der Waals surface area contributed by atoms with Gasteiger partial charge in [-0.15, -0.1) is 0 Å². The number of hydrogen-bond acceptors (Lipinski definition) is 3. The minimum absolute atomic E-state index is 0.120. The Kier molecular flexibility index (Phi) is 6.22. The summed E-state index contributed by atoms with van der Waals surface area (Å²) in [4.78, 5) is 13.4. The number of aliphatic hydroxyl groups excluding tert-OH is 1. The van der Waals surface area contributed by atoms with Gasteiger partial charge in [-0.05, 0) is 36.9 Å². The van der Waals surface area contributed by atoms with E-state index in [0.29, 0.717) is 0 Å². The van der Waals surface area contributed by atoms with E-state index < -0.39 is 0 Å². The molecular formula is C13H21NO2S. The van der Waals surface area contributed by atoms with E-state index in [1.807, 2.05) is 41.6 Å². The minimum atomic E-state index is 0.120. The van der Waals surface area contributed by atoms with Gasteiger partial charge in [0.2, 0.25) is 5.91 Å². The van der Waals surface area contributed by atoms with Crippen molar-refractivity contribution in [3.05, 3.63) is 22.9 Å². The van der Waals surface area contributed by atoms with Crippen molar-refractivity contribution in [3.8, 4) is 0 Å². The van der Waals surface area contributed by atoms with Crippen LogP contribution in [-0.4, -0.2) is 35.6 Å². The molecule has 17 heavy (non-hydrogen) atoms. The lowest BCUT2D eigenvalue weighted by molar-refractivity contribution is -0.132. The summed E-state index contributed by atoms with van der Waals surface area (Å²) in [7, 11) is 0. The Labute approximate surface area is 107 Å². The van der Waals surface area contributed by atoms with Crippen molar-refractivity contribution in [2.24, 2.45) is 11.8 Å². The first-order valence-corrected chi connectivity index (χ1v) is 7.05. The van der Waals surface area contributed by atoms with E-state index in [1.165, 1.54) is 0 Å². The summed E-state index contributed by atoms with van der Waals surface area (Å²) in [5.41, 5.74) is 0. The van der Waals surface area contributed by atoms with Crippen LogP contribution in [0, 0.1) is 11.8 Å². The number of aliphatic hydroxyl groups is 1. The van der Waals surface area contributed by atoms with E-state index in [2.05, 4.69) is 0 Å². The maximum Gasteiger partial charge on any atom is 0.226 e. The summed E-state index contributed by atoms with van der Waals surface area (Å²) in [6.45, 7) is 5.70. The summed E-state index contributed by atoms with van der Waals surface area (Å²) in [6.07, 6.45) is 0.881. The molecule has 1 amide bonds. The van der Waals surface area contributed by atoms with E-state index in [4.69, 9.17) is 5.11 Å². The quantitative estimate of drug-likeness (QED) is 0.896. The fourth-order valence-electron chi connectivity index (χ4n) is 1.75. The SMILES string of the molecule is CCN(CC)C(=O)C1CC1CO.c1ccsc1. The smallest absolute Gasteiger partial charge is 0.226 e. The Balaban J connectivity index is 0.000000239. The second-order valence-corrected chi connectivity index (χ2v) is 4.91. The molecule has 0 aromatic carbocycles. The van der Waals surface area contributed by atoms with Gasteiger partial charge >= 0.3 is 0 Å². The highest BCUT2D eigenvalue weighted by Crippen LogP contribution is 2.39. The molecule has 4 heteroatoms. The first-order chi connectivity index (χ1) is 8.24. The highest BCUT2D eigenvalue weighted by molar-refractivity contribution is 7.07. The summed E-state index contributed by atoms with van der Waals surface area (Å²) >= 11 is 1.71. The van der Waals surface area contributed by atoms with Gasteiger partial charge in [0.25, 0.3) is 0 Å². The second kappa shape index (κ2) is 7.45. The molecule has 0 spiro atoms. The van der Waals surface area contributed by atoms with Gasteiger partial charge in [-0.2, -0.15) is 11.3 Å². The summed E-state index contributed by atoms with van der Waals surface area (Å²) < 4.78 is 0. The molecule has 3 nitrogen and oxygen atoms in total. The zero-order valence-corrected chi connectivity index (χ0v) is 11.3. The maximum atomic E-state index is 11.6. The van der Waals surface area contributed by atoms with Crippen molar-refractivity contribution in [3.63, 3.8) is 0 Å². The second-order valence-electron chi connectivity index (χ2n) is 4.09. The van der Waals surface area contributed by atoms with Crippen LogP contribution in [0.1, 0.15) is 20.3 Å². The predicted octanol–water partition coefficient (Wildman–Crippen LogP) is 2.23. The van der Waals surface area contributed by atoms with Crippen LogP contribution in [0.5, 0.6) is 0 Å². The molecule has 2 unspecified atom stereocenters. The Morgan fingerprint density at radius 3 is 2.24 bits per heavy atom.